The fourth-order valence-electron chi connectivity index (χ4n) is 1.97. The Morgan fingerprint density at radius 2 is 2.00 bits per heavy atom. The number of carbonyl (C=O) groups is 1. The van der Waals surface area contributed by atoms with Gasteiger partial charge in [-0.3, -0.25) is 4.79 Å². The number of hydrogen-bond donors (Lipinski definition) is 1. The fraction of sp³-hybridized carbons (Fsp3) is 0.571. The molecule has 1 N–H and O–H groups in total. The van der Waals surface area contributed by atoms with Crippen molar-refractivity contribution in [2.75, 3.05) is 0 Å². The maximum Gasteiger partial charge on any atom is 0.289 e. The van der Waals surface area contributed by atoms with E-state index >= 15 is 0 Å². The smallest absolute Gasteiger partial charge is 0.289 e. The van der Waals surface area contributed by atoms with Gasteiger partial charge in [-0.2, -0.15) is 4.98 Å². The van der Waals surface area contributed by atoms with Crippen molar-refractivity contribution in [3.63, 3.8) is 0 Å². The van der Waals surface area contributed by atoms with Crippen LogP contribution >= 0.6 is 0 Å². The van der Waals surface area contributed by atoms with Crippen molar-refractivity contribution in [1.82, 2.24) is 20.4 Å². The van der Waals surface area contributed by atoms with E-state index in [0.717, 1.165) is 0 Å². The van der Waals surface area contributed by atoms with Crippen molar-refractivity contribution in [1.29, 1.82) is 0 Å². The van der Waals surface area contributed by atoms with Crippen LogP contribution in [0.5, 0.6) is 0 Å². The molecule has 0 aromatic carbocycles. The minimum Gasteiger partial charge on any atom is -0.435 e. The zero-order chi connectivity index (χ0) is 15.6. The predicted molar refractivity (Wildman–Crippen MR) is 74.7 cm³/mol. The number of nitrogens with one attached hydrogen (secondary N) is 1. The lowest BCUT2D eigenvalue weighted by Crippen LogP contribution is -2.32. The van der Waals surface area contributed by atoms with E-state index in [2.05, 4.69) is 20.4 Å². The Kier molecular flexibility index (Phi) is 4.40. The molecule has 0 spiro atoms. The standard InChI is InChI=1S/C14H20N4O3/c1-6-10-15-8(4)12(20-10)13(19)17-11(7(2)3)14-16-9(5)18-21-14/h7,11H,6H2,1-5H3,(H,17,19). The molecule has 0 aliphatic heterocycles. The molecule has 7 heteroatoms. The van der Waals surface area contributed by atoms with Gasteiger partial charge < -0.3 is 14.3 Å². The first-order valence-corrected chi connectivity index (χ1v) is 6.99. The summed E-state index contributed by atoms with van der Waals surface area (Å²) < 4.78 is 10.6. The summed E-state index contributed by atoms with van der Waals surface area (Å²) in [4.78, 5) is 20.7. The van der Waals surface area contributed by atoms with Crippen LogP contribution in [0, 0.1) is 19.8 Å². The molecule has 0 saturated heterocycles. The fourth-order valence-corrected chi connectivity index (χ4v) is 1.97. The lowest BCUT2D eigenvalue weighted by atomic mass is 10.0. The number of nitrogens with zero attached hydrogens (tertiary/aromatic N) is 3. The quantitative estimate of drug-likeness (QED) is 0.909. The highest BCUT2D eigenvalue weighted by molar-refractivity contribution is 5.92. The maximum atomic E-state index is 12.4. The summed E-state index contributed by atoms with van der Waals surface area (Å²) in [6.45, 7) is 9.34. The first kappa shape index (κ1) is 15.2. The van der Waals surface area contributed by atoms with E-state index in [-0.39, 0.29) is 23.6 Å². The van der Waals surface area contributed by atoms with E-state index in [4.69, 9.17) is 8.94 Å². The van der Waals surface area contributed by atoms with E-state index in [1.807, 2.05) is 20.8 Å². The summed E-state index contributed by atoms with van der Waals surface area (Å²) in [5.41, 5.74) is 0.577. The Balaban J connectivity index is 2.20. The molecule has 2 aromatic rings. The highest BCUT2D eigenvalue weighted by Crippen LogP contribution is 2.21. The van der Waals surface area contributed by atoms with Crippen molar-refractivity contribution in [2.24, 2.45) is 5.92 Å². The van der Waals surface area contributed by atoms with Crippen LogP contribution in [0.25, 0.3) is 0 Å². The van der Waals surface area contributed by atoms with Gasteiger partial charge >= 0.3 is 0 Å². The molecule has 2 heterocycles. The van der Waals surface area contributed by atoms with Crippen LogP contribution in [0.4, 0.5) is 0 Å². The SMILES string of the molecule is CCc1nc(C)c(C(=O)NC(c2nc(C)no2)C(C)C)o1. The molecule has 0 radical (unpaired) electrons. The monoisotopic (exact) mass is 292 g/mol. The van der Waals surface area contributed by atoms with E-state index in [0.29, 0.717) is 29.7 Å². The minimum atomic E-state index is -0.367. The topological polar surface area (TPSA) is 94.1 Å². The van der Waals surface area contributed by atoms with Crippen LogP contribution < -0.4 is 5.32 Å². The number of aromatic nitrogens is 3. The number of amides is 1. The van der Waals surface area contributed by atoms with Crippen LogP contribution in [0.1, 0.15) is 60.7 Å². The molecule has 1 atom stereocenters. The summed E-state index contributed by atoms with van der Waals surface area (Å²) in [6, 6.07) is -0.367. The largest absolute Gasteiger partial charge is 0.435 e. The second-order valence-electron chi connectivity index (χ2n) is 5.25. The minimum absolute atomic E-state index is 0.0997. The molecule has 0 fully saturated rings. The lowest BCUT2D eigenvalue weighted by molar-refractivity contribution is 0.0883. The Morgan fingerprint density at radius 1 is 1.29 bits per heavy atom. The molecule has 2 rings (SSSR count). The van der Waals surface area contributed by atoms with Crippen molar-refractivity contribution < 1.29 is 13.7 Å². The Morgan fingerprint density at radius 3 is 2.48 bits per heavy atom. The molecular formula is C14H20N4O3. The third kappa shape index (κ3) is 3.29. The summed E-state index contributed by atoms with van der Waals surface area (Å²) in [7, 11) is 0. The van der Waals surface area contributed by atoms with Crippen LogP contribution in [-0.2, 0) is 6.42 Å². The van der Waals surface area contributed by atoms with E-state index < -0.39 is 0 Å². The molecule has 2 aromatic heterocycles. The van der Waals surface area contributed by atoms with Crippen molar-refractivity contribution in [2.45, 2.75) is 47.1 Å². The summed E-state index contributed by atoms with van der Waals surface area (Å²) in [5.74, 6) is 1.48. The molecule has 0 aliphatic carbocycles. The molecule has 7 nitrogen and oxygen atoms in total. The first-order valence-electron chi connectivity index (χ1n) is 6.99. The van der Waals surface area contributed by atoms with Gasteiger partial charge in [-0.05, 0) is 19.8 Å². The number of hydrogen-bond acceptors (Lipinski definition) is 6. The van der Waals surface area contributed by atoms with Gasteiger partial charge in [-0.25, -0.2) is 4.98 Å². The predicted octanol–water partition coefficient (Wildman–Crippen LogP) is 2.36. The summed E-state index contributed by atoms with van der Waals surface area (Å²) in [6.07, 6.45) is 0.643. The number of oxazole rings is 1. The molecule has 0 aliphatic rings. The summed E-state index contributed by atoms with van der Waals surface area (Å²) in [5, 5.41) is 6.63. The zero-order valence-electron chi connectivity index (χ0n) is 12.9. The van der Waals surface area contributed by atoms with Crippen molar-refractivity contribution in [3.8, 4) is 0 Å². The van der Waals surface area contributed by atoms with Gasteiger partial charge in [0.05, 0.1) is 5.69 Å². The Hall–Kier alpha value is -2.18. The molecular weight excluding hydrogens is 272 g/mol. The second-order valence-corrected chi connectivity index (χ2v) is 5.25. The number of carbonyl (C=O) groups excluding carboxylic acids is 1. The third-order valence-electron chi connectivity index (χ3n) is 3.11. The average molecular weight is 292 g/mol. The van der Waals surface area contributed by atoms with Gasteiger partial charge in [0.25, 0.3) is 5.91 Å². The molecule has 0 saturated carbocycles. The molecule has 21 heavy (non-hydrogen) atoms. The number of aryl methyl sites for hydroxylation is 3. The Bertz CT molecular complexity index is 630. The first-order chi connectivity index (χ1) is 9.92. The number of rotatable bonds is 5. The van der Waals surface area contributed by atoms with Gasteiger partial charge in [0, 0.05) is 6.42 Å². The van der Waals surface area contributed by atoms with Gasteiger partial charge in [0.1, 0.15) is 6.04 Å². The Labute approximate surface area is 123 Å². The highest BCUT2D eigenvalue weighted by atomic mass is 16.5. The van der Waals surface area contributed by atoms with E-state index in [1.54, 1.807) is 13.8 Å². The normalized spacial score (nSPS) is 12.7. The van der Waals surface area contributed by atoms with Crippen LogP contribution in [0.3, 0.4) is 0 Å². The van der Waals surface area contributed by atoms with Crippen molar-refractivity contribution in [3.05, 3.63) is 29.1 Å². The van der Waals surface area contributed by atoms with Gasteiger partial charge in [0.15, 0.2) is 11.7 Å². The third-order valence-corrected chi connectivity index (χ3v) is 3.11. The van der Waals surface area contributed by atoms with Crippen LogP contribution in [-0.4, -0.2) is 21.0 Å². The molecule has 114 valence electrons. The highest BCUT2D eigenvalue weighted by Gasteiger charge is 2.27. The zero-order valence-corrected chi connectivity index (χ0v) is 12.9. The summed E-state index contributed by atoms with van der Waals surface area (Å²) >= 11 is 0. The molecule has 1 amide bonds. The van der Waals surface area contributed by atoms with E-state index in [1.165, 1.54) is 0 Å². The van der Waals surface area contributed by atoms with Crippen LogP contribution in [0.15, 0.2) is 8.94 Å². The lowest BCUT2D eigenvalue weighted by Gasteiger charge is -2.17. The molecule has 0 bridgehead atoms. The second kappa shape index (κ2) is 6.07. The van der Waals surface area contributed by atoms with Gasteiger partial charge in [0.2, 0.25) is 11.7 Å². The molecule has 1 unspecified atom stereocenters. The van der Waals surface area contributed by atoms with Crippen molar-refractivity contribution >= 4 is 5.91 Å². The average Bonchev–Trinajstić information content (AvgIpc) is 3.01. The maximum absolute atomic E-state index is 12.4. The van der Waals surface area contributed by atoms with Gasteiger partial charge in [-0.1, -0.05) is 25.9 Å². The van der Waals surface area contributed by atoms with Gasteiger partial charge in [-0.15, -0.1) is 0 Å². The van der Waals surface area contributed by atoms with E-state index in [9.17, 15) is 4.79 Å². The van der Waals surface area contributed by atoms with Crippen LogP contribution in [0.2, 0.25) is 0 Å².